The molecular formula is C25H23F2NO3. The highest BCUT2D eigenvalue weighted by atomic mass is 19.2. The molecule has 1 unspecified atom stereocenters. The fourth-order valence-electron chi connectivity index (χ4n) is 4.08. The van der Waals surface area contributed by atoms with Gasteiger partial charge in [0.25, 0.3) is 0 Å². The van der Waals surface area contributed by atoms with Crippen molar-refractivity contribution in [3.8, 4) is 11.1 Å². The number of carbonyl (C=O) groups excluding carboxylic acids is 1. The minimum absolute atomic E-state index is 0.0334. The Morgan fingerprint density at radius 2 is 1.61 bits per heavy atom. The van der Waals surface area contributed by atoms with Crippen molar-refractivity contribution in [1.29, 1.82) is 0 Å². The molecule has 4 nitrogen and oxygen atoms in total. The van der Waals surface area contributed by atoms with E-state index in [1.807, 2.05) is 36.4 Å². The van der Waals surface area contributed by atoms with Gasteiger partial charge in [-0.25, -0.2) is 13.6 Å². The first kappa shape index (κ1) is 21.0. The lowest BCUT2D eigenvalue weighted by Crippen LogP contribution is -2.33. The molecule has 0 saturated carbocycles. The zero-order valence-corrected chi connectivity index (χ0v) is 16.9. The van der Waals surface area contributed by atoms with Crippen LogP contribution in [0.5, 0.6) is 0 Å². The molecule has 1 atom stereocenters. The molecule has 2 N–H and O–H groups in total. The van der Waals surface area contributed by atoms with Crippen LogP contribution in [0.4, 0.5) is 13.6 Å². The quantitative estimate of drug-likeness (QED) is 0.581. The van der Waals surface area contributed by atoms with Gasteiger partial charge in [-0.1, -0.05) is 54.6 Å². The lowest BCUT2D eigenvalue weighted by molar-refractivity contribution is 0.138. The normalized spacial score (nSPS) is 13.4. The highest BCUT2D eigenvalue weighted by Gasteiger charge is 2.29. The molecule has 1 aliphatic rings. The van der Waals surface area contributed by atoms with Crippen LogP contribution in [0.1, 0.15) is 22.6 Å². The number of fused-ring (bicyclic) bond motifs is 3. The van der Waals surface area contributed by atoms with Gasteiger partial charge >= 0.3 is 6.09 Å². The highest BCUT2D eigenvalue weighted by molar-refractivity contribution is 5.79. The SMILES string of the molecule is O=C(NCC(CO)Cc1ccc(F)c(F)c1)OCC1c2ccccc2-c2ccccc21. The van der Waals surface area contributed by atoms with Gasteiger partial charge in [0, 0.05) is 25.0 Å². The Hall–Kier alpha value is -3.25. The first-order valence-electron chi connectivity index (χ1n) is 10.2. The van der Waals surface area contributed by atoms with Crippen molar-refractivity contribution in [2.45, 2.75) is 12.3 Å². The molecule has 1 amide bonds. The summed E-state index contributed by atoms with van der Waals surface area (Å²) in [5.41, 5.74) is 5.11. The third-order valence-electron chi connectivity index (χ3n) is 5.65. The average molecular weight is 423 g/mol. The minimum Gasteiger partial charge on any atom is -0.449 e. The van der Waals surface area contributed by atoms with Crippen molar-refractivity contribution in [2.24, 2.45) is 5.92 Å². The number of hydrogen-bond donors (Lipinski definition) is 2. The van der Waals surface area contributed by atoms with E-state index in [2.05, 4.69) is 17.4 Å². The molecule has 1 aliphatic carbocycles. The number of ether oxygens (including phenoxy) is 1. The molecule has 0 aliphatic heterocycles. The van der Waals surface area contributed by atoms with Gasteiger partial charge in [0.05, 0.1) is 0 Å². The number of hydrogen-bond acceptors (Lipinski definition) is 3. The van der Waals surface area contributed by atoms with Gasteiger partial charge in [-0.3, -0.25) is 0 Å². The lowest BCUT2D eigenvalue weighted by Gasteiger charge is -2.17. The van der Waals surface area contributed by atoms with Crippen LogP contribution >= 0.6 is 0 Å². The van der Waals surface area contributed by atoms with Crippen LogP contribution in [0.25, 0.3) is 11.1 Å². The van der Waals surface area contributed by atoms with E-state index in [4.69, 9.17) is 4.74 Å². The zero-order valence-electron chi connectivity index (χ0n) is 16.9. The van der Waals surface area contributed by atoms with E-state index in [-0.39, 0.29) is 31.6 Å². The van der Waals surface area contributed by atoms with E-state index >= 15 is 0 Å². The summed E-state index contributed by atoms with van der Waals surface area (Å²) in [5.74, 6) is -2.22. The number of benzene rings is 3. The largest absolute Gasteiger partial charge is 0.449 e. The molecule has 0 heterocycles. The summed E-state index contributed by atoms with van der Waals surface area (Å²) in [7, 11) is 0. The fraction of sp³-hybridized carbons (Fsp3) is 0.240. The second-order valence-corrected chi connectivity index (χ2v) is 7.71. The Balaban J connectivity index is 1.33. The van der Waals surface area contributed by atoms with Crippen molar-refractivity contribution in [3.63, 3.8) is 0 Å². The van der Waals surface area contributed by atoms with Crippen LogP contribution in [-0.4, -0.2) is 31.0 Å². The predicted molar refractivity (Wildman–Crippen MR) is 114 cm³/mol. The van der Waals surface area contributed by atoms with Gasteiger partial charge in [-0.05, 0) is 46.4 Å². The first-order chi connectivity index (χ1) is 15.1. The van der Waals surface area contributed by atoms with Crippen LogP contribution < -0.4 is 5.32 Å². The molecule has 0 bridgehead atoms. The summed E-state index contributed by atoms with van der Waals surface area (Å²) < 4.78 is 31.9. The maximum Gasteiger partial charge on any atom is 0.407 e. The van der Waals surface area contributed by atoms with Crippen LogP contribution in [0.15, 0.2) is 66.7 Å². The summed E-state index contributed by atoms with van der Waals surface area (Å²) in [5, 5.41) is 12.2. The second kappa shape index (κ2) is 9.27. The van der Waals surface area contributed by atoms with Crippen molar-refractivity contribution in [3.05, 3.63) is 95.1 Å². The van der Waals surface area contributed by atoms with Crippen LogP contribution in [0.3, 0.4) is 0 Å². The van der Waals surface area contributed by atoms with E-state index in [0.29, 0.717) is 12.0 Å². The molecule has 3 aromatic rings. The number of carbonyl (C=O) groups is 1. The third kappa shape index (κ3) is 4.59. The molecule has 31 heavy (non-hydrogen) atoms. The van der Waals surface area contributed by atoms with Gasteiger partial charge in [0.15, 0.2) is 11.6 Å². The topological polar surface area (TPSA) is 58.6 Å². The van der Waals surface area contributed by atoms with E-state index < -0.39 is 17.7 Å². The van der Waals surface area contributed by atoms with Crippen LogP contribution in [-0.2, 0) is 11.2 Å². The van der Waals surface area contributed by atoms with Gasteiger partial charge in [0.2, 0.25) is 0 Å². The van der Waals surface area contributed by atoms with Crippen LogP contribution in [0, 0.1) is 17.6 Å². The van der Waals surface area contributed by atoms with E-state index in [9.17, 15) is 18.7 Å². The van der Waals surface area contributed by atoms with Gasteiger partial charge < -0.3 is 15.2 Å². The minimum atomic E-state index is -0.932. The number of aliphatic hydroxyl groups is 1. The van der Waals surface area contributed by atoms with Crippen LogP contribution in [0.2, 0.25) is 0 Å². The third-order valence-corrected chi connectivity index (χ3v) is 5.65. The summed E-state index contributed by atoms with van der Waals surface area (Å²) in [6.45, 7) is 0.154. The molecule has 6 heteroatoms. The second-order valence-electron chi connectivity index (χ2n) is 7.71. The van der Waals surface area contributed by atoms with Crippen molar-refractivity contribution >= 4 is 6.09 Å². The number of halogens is 2. The first-order valence-corrected chi connectivity index (χ1v) is 10.2. The van der Waals surface area contributed by atoms with Crippen molar-refractivity contribution in [2.75, 3.05) is 19.8 Å². The van der Waals surface area contributed by atoms with Gasteiger partial charge in [-0.2, -0.15) is 0 Å². The van der Waals surface area contributed by atoms with Crippen molar-refractivity contribution in [1.82, 2.24) is 5.32 Å². The van der Waals surface area contributed by atoms with Gasteiger partial charge in [0.1, 0.15) is 6.61 Å². The average Bonchev–Trinajstić information content (AvgIpc) is 3.11. The summed E-state index contributed by atoms with van der Waals surface area (Å²) in [6.07, 6.45) is -0.275. The fourth-order valence-corrected chi connectivity index (χ4v) is 4.08. The zero-order chi connectivity index (χ0) is 21.8. The molecule has 0 aromatic heterocycles. The molecule has 0 radical (unpaired) electrons. The van der Waals surface area contributed by atoms with Gasteiger partial charge in [-0.15, -0.1) is 0 Å². The number of rotatable bonds is 7. The molecule has 0 spiro atoms. The summed E-state index contributed by atoms with van der Waals surface area (Å²) in [4.78, 5) is 12.3. The Kier molecular flexibility index (Phi) is 6.28. The Morgan fingerprint density at radius 3 is 2.23 bits per heavy atom. The molecule has 3 aromatic carbocycles. The number of aliphatic hydroxyl groups excluding tert-OH is 1. The number of amides is 1. The Labute approximate surface area is 179 Å². The predicted octanol–water partition coefficient (Wildman–Crippen LogP) is 4.65. The van der Waals surface area contributed by atoms with E-state index in [0.717, 1.165) is 34.4 Å². The summed E-state index contributed by atoms with van der Waals surface area (Å²) >= 11 is 0. The van der Waals surface area contributed by atoms with Crippen molar-refractivity contribution < 1.29 is 23.4 Å². The molecule has 4 rings (SSSR count). The van der Waals surface area contributed by atoms with E-state index in [1.165, 1.54) is 6.07 Å². The molecule has 0 fully saturated rings. The standard InChI is InChI=1S/C25H23F2NO3/c26-23-10-9-16(12-24(23)27)11-17(14-29)13-28-25(30)31-15-22-20-7-3-1-5-18(20)19-6-2-4-8-21(19)22/h1-10,12,17,22,29H,11,13-15H2,(H,28,30). The monoisotopic (exact) mass is 423 g/mol. The van der Waals surface area contributed by atoms with E-state index in [1.54, 1.807) is 0 Å². The highest BCUT2D eigenvalue weighted by Crippen LogP contribution is 2.44. The molecule has 160 valence electrons. The number of nitrogens with one attached hydrogen (secondary N) is 1. The molecular weight excluding hydrogens is 400 g/mol. The smallest absolute Gasteiger partial charge is 0.407 e. The summed E-state index contributed by atoms with van der Waals surface area (Å²) in [6, 6.07) is 19.8. The Morgan fingerprint density at radius 1 is 0.968 bits per heavy atom. The lowest BCUT2D eigenvalue weighted by atomic mass is 9.98. The maximum atomic E-state index is 13.4. The molecule has 0 saturated heterocycles. The Bertz CT molecular complexity index is 1040. The maximum absolute atomic E-state index is 13.4. The number of alkyl carbamates (subject to hydrolysis) is 1.